The summed E-state index contributed by atoms with van der Waals surface area (Å²) in [6, 6.07) is 0.976. The Labute approximate surface area is 188 Å². The Hall–Kier alpha value is -2.22. The lowest BCUT2D eigenvalue weighted by Crippen LogP contribution is -2.40. The lowest BCUT2D eigenvalue weighted by Gasteiger charge is -2.26. The number of carbonyl (C=O) groups excluding carboxylic acids is 2. The quantitative estimate of drug-likeness (QED) is 0.563. The van der Waals surface area contributed by atoms with Crippen molar-refractivity contribution in [2.24, 2.45) is 0 Å². The summed E-state index contributed by atoms with van der Waals surface area (Å²) < 4.78 is 25.5. The molecule has 1 saturated heterocycles. The number of carbonyl (C=O) groups is 2. The van der Waals surface area contributed by atoms with Gasteiger partial charge in [-0.15, -0.1) is 0 Å². The summed E-state index contributed by atoms with van der Waals surface area (Å²) >= 11 is 6.62. The predicted octanol–water partition coefficient (Wildman–Crippen LogP) is 4.97. The van der Waals surface area contributed by atoms with E-state index in [1.165, 1.54) is 6.07 Å². The fourth-order valence-electron chi connectivity index (χ4n) is 3.31. The Morgan fingerprint density at radius 2 is 2.03 bits per heavy atom. The van der Waals surface area contributed by atoms with Crippen molar-refractivity contribution in [2.45, 2.75) is 72.1 Å². The van der Waals surface area contributed by atoms with Crippen LogP contribution in [0.15, 0.2) is 6.07 Å². The third-order valence-corrected chi connectivity index (χ3v) is 5.29. The van der Waals surface area contributed by atoms with E-state index in [1.807, 2.05) is 13.8 Å². The topological polar surface area (TPSA) is 79.9 Å². The monoisotopic (exact) mass is 457 g/mol. The van der Waals surface area contributed by atoms with Crippen LogP contribution < -0.4 is 15.5 Å². The van der Waals surface area contributed by atoms with E-state index in [2.05, 4.69) is 10.6 Å². The van der Waals surface area contributed by atoms with Crippen LogP contribution in [0.1, 0.15) is 64.7 Å². The molecule has 9 heteroatoms. The highest BCUT2D eigenvalue weighted by Gasteiger charge is 2.31. The van der Waals surface area contributed by atoms with E-state index in [-0.39, 0.29) is 35.0 Å². The first kappa shape index (κ1) is 25.0. The average Bonchev–Trinajstić information content (AvgIpc) is 3.09. The number of halogens is 2. The van der Waals surface area contributed by atoms with Gasteiger partial charge >= 0.3 is 12.1 Å². The van der Waals surface area contributed by atoms with Gasteiger partial charge in [-0.3, -0.25) is 0 Å². The number of nitrogens with zero attached hydrogens (tertiary/aromatic N) is 1. The second-order valence-electron chi connectivity index (χ2n) is 8.70. The molecule has 1 heterocycles. The Morgan fingerprint density at radius 1 is 1.35 bits per heavy atom. The van der Waals surface area contributed by atoms with Gasteiger partial charge in [-0.05, 0) is 53.5 Å². The van der Waals surface area contributed by atoms with E-state index >= 15 is 4.39 Å². The van der Waals surface area contributed by atoms with Crippen LogP contribution in [0.25, 0.3) is 0 Å². The average molecular weight is 458 g/mol. The summed E-state index contributed by atoms with van der Waals surface area (Å²) in [4.78, 5) is 26.2. The molecule has 2 rings (SSSR count). The Morgan fingerprint density at radius 3 is 2.61 bits per heavy atom. The summed E-state index contributed by atoms with van der Waals surface area (Å²) in [7, 11) is 0. The molecule has 1 aliphatic rings. The molecule has 0 spiro atoms. The summed E-state index contributed by atoms with van der Waals surface area (Å²) in [5.41, 5.74) is 0.0246. The molecule has 0 bridgehead atoms. The first-order chi connectivity index (χ1) is 14.5. The van der Waals surface area contributed by atoms with Crippen LogP contribution in [0.4, 0.5) is 20.6 Å². The lowest BCUT2D eigenvalue weighted by molar-refractivity contribution is 0.0504. The van der Waals surface area contributed by atoms with Gasteiger partial charge in [-0.2, -0.15) is 0 Å². The molecule has 1 fully saturated rings. The van der Waals surface area contributed by atoms with Crippen molar-refractivity contribution in [3.8, 4) is 0 Å². The van der Waals surface area contributed by atoms with Crippen molar-refractivity contribution < 1.29 is 23.5 Å². The van der Waals surface area contributed by atoms with Gasteiger partial charge in [0.2, 0.25) is 0 Å². The van der Waals surface area contributed by atoms with Crippen molar-refractivity contribution in [1.29, 1.82) is 0 Å². The Balaban J connectivity index is 2.29. The third-order valence-electron chi connectivity index (χ3n) is 4.92. The second-order valence-corrected chi connectivity index (χ2v) is 9.07. The molecule has 174 valence electrons. The minimum Gasteiger partial charge on any atom is -0.462 e. The molecule has 2 N–H and O–H groups in total. The van der Waals surface area contributed by atoms with Gasteiger partial charge in [-0.25, -0.2) is 14.0 Å². The first-order valence-corrected chi connectivity index (χ1v) is 11.0. The Bertz CT molecular complexity index is 813. The van der Waals surface area contributed by atoms with Gasteiger partial charge in [0.1, 0.15) is 11.4 Å². The molecule has 0 radical (unpaired) electrons. The molecule has 0 aliphatic carbocycles. The molecule has 1 amide bonds. The van der Waals surface area contributed by atoms with Crippen molar-refractivity contribution in [3.05, 3.63) is 22.5 Å². The SMILES string of the molecule is CCOC(=O)c1cc(F)c(N2CCC(NC(=O)OC(C)(C)C)C2)c(Cl)c1NC(C)CC. The third kappa shape index (κ3) is 6.63. The highest BCUT2D eigenvalue weighted by atomic mass is 35.5. The van der Waals surface area contributed by atoms with Gasteiger partial charge in [-0.1, -0.05) is 18.5 Å². The van der Waals surface area contributed by atoms with E-state index in [9.17, 15) is 9.59 Å². The molecule has 1 aliphatic heterocycles. The van der Waals surface area contributed by atoms with Crippen molar-refractivity contribution in [3.63, 3.8) is 0 Å². The number of alkyl carbamates (subject to hydrolysis) is 1. The fraction of sp³-hybridized carbons (Fsp3) is 0.636. The second kappa shape index (κ2) is 10.4. The molecule has 31 heavy (non-hydrogen) atoms. The number of rotatable bonds is 7. The number of esters is 1. The van der Waals surface area contributed by atoms with Crippen LogP contribution in [0.5, 0.6) is 0 Å². The zero-order chi connectivity index (χ0) is 23.3. The van der Waals surface area contributed by atoms with Gasteiger partial charge in [0.05, 0.1) is 34.6 Å². The molecular formula is C22H33ClFN3O4. The minimum absolute atomic E-state index is 0.0177. The molecule has 1 aromatic rings. The molecule has 0 aromatic heterocycles. The Kier molecular flexibility index (Phi) is 8.40. The summed E-state index contributed by atoms with van der Waals surface area (Å²) in [6.45, 7) is 12.0. The number of hydrogen-bond donors (Lipinski definition) is 2. The summed E-state index contributed by atoms with van der Waals surface area (Å²) in [5, 5.41) is 6.16. The van der Waals surface area contributed by atoms with E-state index < -0.39 is 23.5 Å². The highest BCUT2D eigenvalue weighted by Crippen LogP contribution is 2.40. The number of anilines is 2. The largest absolute Gasteiger partial charge is 0.462 e. The van der Waals surface area contributed by atoms with Crippen LogP contribution >= 0.6 is 11.6 Å². The molecule has 1 aromatic carbocycles. The minimum atomic E-state index is -0.633. The number of hydrogen-bond acceptors (Lipinski definition) is 6. The molecule has 2 unspecified atom stereocenters. The van der Waals surface area contributed by atoms with E-state index in [0.29, 0.717) is 25.2 Å². The van der Waals surface area contributed by atoms with Crippen LogP contribution in [0.2, 0.25) is 5.02 Å². The van der Waals surface area contributed by atoms with E-state index in [0.717, 1.165) is 6.42 Å². The number of amides is 1. The first-order valence-electron chi connectivity index (χ1n) is 10.7. The molecule has 2 atom stereocenters. The highest BCUT2D eigenvalue weighted by molar-refractivity contribution is 6.37. The maximum atomic E-state index is 15.1. The fourth-order valence-corrected chi connectivity index (χ4v) is 3.68. The maximum Gasteiger partial charge on any atom is 0.407 e. The van der Waals surface area contributed by atoms with Gasteiger partial charge in [0.25, 0.3) is 0 Å². The van der Waals surface area contributed by atoms with Gasteiger partial charge < -0.3 is 25.0 Å². The van der Waals surface area contributed by atoms with E-state index in [1.54, 1.807) is 32.6 Å². The zero-order valence-electron chi connectivity index (χ0n) is 19.1. The van der Waals surface area contributed by atoms with Gasteiger partial charge in [0.15, 0.2) is 0 Å². The summed E-state index contributed by atoms with van der Waals surface area (Å²) in [6.07, 6.45) is 0.891. The normalized spacial score (nSPS) is 17.3. The summed E-state index contributed by atoms with van der Waals surface area (Å²) in [5.74, 6) is -1.24. The lowest BCUT2D eigenvalue weighted by atomic mass is 10.1. The smallest absolute Gasteiger partial charge is 0.407 e. The van der Waals surface area contributed by atoms with Crippen LogP contribution in [0.3, 0.4) is 0 Å². The van der Waals surface area contributed by atoms with Gasteiger partial charge in [0, 0.05) is 19.1 Å². The number of ether oxygens (including phenoxy) is 2. The van der Waals surface area contributed by atoms with Crippen molar-refractivity contribution in [2.75, 3.05) is 29.9 Å². The predicted molar refractivity (Wildman–Crippen MR) is 121 cm³/mol. The van der Waals surface area contributed by atoms with Crippen LogP contribution in [-0.4, -0.2) is 49.4 Å². The molecule has 7 nitrogen and oxygen atoms in total. The molecular weight excluding hydrogens is 425 g/mol. The molecule has 0 saturated carbocycles. The maximum absolute atomic E-state index is 15.1. The van der Waals surface area contributed by atoms with Crippen molar-refractivity contribution >= 4 is 35.0 Å². The standard InChI is InChI=1S/C22H33ClFN3O4/c1-7-13(3)25-18-15(20(28)30-8-2)11-16(24)19(17(18)23)27-10-9-14(12-27)26-21(29)31-22(4,5)6/h11,13-14,25H,7-10,12H2,1-6H3,(H,26,29). The van der Waals surface area contributed by atoms with Crippen molar-refractivity contribution in [1.82, 2.24) is 5.32 Å². The van der Waals surface area contributed by atoms with Crippen LogP contribution in [0, 0.1) is 5.82 Å². The number of benzene rings is 1. The number of nitrogens with one attached hydrogen (secondary N) is 2. The zero-order valence-corrected chi connectivity index (χ0v) is 19.9. The van der Waals surface area contributed by atoms with Crippen LogP contribution in [-0.2, 0) is 9.47 Å². The van der Waals surface area contributed by atoms with E-state index in [4.69, 9.17) is 21.1 Å².